The van der Waals surface area contributed by atoms with Crippen LogP contribution in [0.25, 0.3) is 0 Å². The molecule has 0 bridgehead atoms. The molecule has 0 saturated heterocycles. The van der Waals surface area contributed by atoms with E-state index >= 15 is 0 Å². The highest BCUT2D eigenvalue weighted by Crippen LogP contribution is 2.19. The third-order valence-corrected chi connectivity index (χ3v) is 2.97. The van der Waals surface area contributed by atoms with E-state index in [9.17, 15) is 4.39 Å². The van der Waals surface area contributed by atoms with Crippen molar-refractivity contribution in [1.29, 1.82) is 0 Å². The van der Waals surface area contributed by atoms with Gasteiger partial charge in [0.1, 0.15) is 5.82 Å². The molecule has 17 heavy (non-hydrogen) atoms. The zero-order valence-corrected chi connectivity index (χ0v) is 10.6. The maximum absolute atomic E-state index is 12.9. The van der Waals surface area contributed by atoms with Gasteiger partial charge in [0, 0.05) is 24.8 Å². The van der Waals surface area contributed by atoms with Crippen molar-refractivity contribution in [3.05, 3.63) is 34.6 Å². The van der Waals surface area contributed by atoms with Gasteiger partial charge in [-0.3, -0.25) is 11.3 Å². The topological polar surface area (TPSA) is 47.3 Å². The Balaban J connectivity index is 2.54. The fourth-order valence-corrected chi connectivity index (χ4v) is 1.92. The van der Waals surface area contributed by atoms with Crippen LogP contribution in [0.15, 0.2) is 18.2 Å². The van der Waals surface area contributed by atoms with Crippen molar-refractivity contribution in [3.63, 3.8) is 0 Å². The molecule has 0 saturated carbocycles. The molecule has 1 aromatic carbocycles. The molecular weight excluding hydrogens is 243 g/mol. The summed E-state index contributed by atoms with van der Waals surface area (Å²) in [5.74, 6) is 5.15. The first-order valence-electron chi connectivity index (χ1n) is 5.56. The SMILES string of the molecule is COCCCC(Cc1ccc(F)cc1Cl)NN. The number of ether oxygens (including phenoxy) is 1. The third kappa shape index (κ3) is 5.00. The summed E-state index contributed by atoms with van der Waals surface area (Å²) in [4.78, 5) is 0. The Kier molecular flexibility index (Phi) is 6.44. The predicted octanol–water partition coefficient (Wildman–Crippen LogP) is 2.28. The van der Waals surface area contributed by atoms with Gasteiger partial charge in [-0.1, -0.05) is 17.7 Å². The molecular formula is C12H18ClFN2O. The van der Waals surface area contributed by atoms with Crippen LogP contribution in [-0.4, -0.2) is 19.8 Å². The summed E-state index contributed by atoms with van der Waals surface area (Å²) in [7, 11) is 1.67. The van der Waals surface area contributed by atoms with Crippen molar-refractivity contribution in [1.82, 2.24) is 5.43 Å². The minimum Gasteiger partial charge on any atom is -0.385 e. The minimum absolute atomic E-state index is 0.119. The van der Waals surface area contributed by atoms with Crippen LogP contribution in [0.3, 0.4) is 0 Å². The Labute approximate surface area is 106 Å². The van der Waals surface area contributed by atoms with Gasteiger partial charge in [0.05, 0.1) is 0 Å². The van der Waals surface area contributed by atoms with E-state index in [-0.39, 0.29) is 11.9 Å². The van der Waals surface area contributed by atoms with Crippen LogP contribution in [0.5, 0.6) is 0 Å². The zero-order chi connectivity index (χ0) is 12.7. The molecule has 0 aliphatic rings. The molecule has 1 rings (SSSR count). The fraction of sp³-hybridized carbons (Fsp3) is 0.500. The van der Waals surface area contributed by atoms with Gasteiger partial charge in [-0.15, -0.1) is 0 Å². The van der Waals surface area contributed by atoms with E-state index in [0.717, 1.165) is 18.4 Å². The molecule has 0 aromatic heterocycles. The first-order chi connectivity index (χ1) is 8.17. The average Bonchev–Trinajstić information content (AvgIpc) is 2.31. The van der Waals surface area contributed by atoms with E-state index in [1.807, 2.05) is 0 Å². The van der Waals surface area contributed by atoms with Gasteiger partial charge in [-0.05, 0) is 37.0 Å². The summed E-state index contributed by atoms with van der Waals surface area (Å²) in [5.41, 5.74) is 3.64. The summed E-state index contributed by atoms with van der Waals surface area (Å²) >= 11 is 5.96. The summed E-state index contributed by atoms with van der Waals surface area (Å²) in [5, 5.41) is 0.442. The summed E-state index contributed by atoms with van der Waals surface area (Å²) in [6, 6.07) is 4.54. The van der Waals surface area contributed by atoms with E-state index in [0.29, 0.717) is 18.1 Å². The third-order valence-electron chi connectivity index (χ3n) is 2.62. The number of halogens is 2. The van der Waals surface area contributed by atoms with Crippen molar-refractivity contribution in [2.75, 3.05) is 13.7 Å². The second kappa shape index (κ2) is 7.61. The molecule has 3 N–H and O–H groups in total. The van der Waals surface area contributed by atoms with Crippen molar-refractivity contribution < 1.29 is 9.13 Å². The second-order valence-corrected chi connectivity index (χ2v) is 4.35. The van der Waals surface area contributed by atoms with E-state index in [2.05, 4.69) is 5.43 Å². The van der Waals surface area contributed by atoms with Crippen LogP contribution >= 0.6 is 11.6 Å². The van der Waals surface area contributed by atoms with Gasteiger partial charge in [0.2, 0.25) is 0 Å². The molecule has 0 aliphatic carbocycles. The highest BCUT2D eigenvalue weighted by Gasteiger charge is 2.10. The largest absolute Gasteiger partial charge is 0.385 e. The van der Waals surface area contributed by atoms with Crippen LogP contribution in [0.2, 0.25) is 5.02 Å². The van der Waals surface area contributed by atoms with E-state index < -0.39 is 0 Å². The number of hydrazine groups is 1. The van der Waals surface area contributed by atoms with Crippen LogP contribution < -0.4 is 11.3 Å². The second-order valence-electron chi connectivity index (χ2n) is 3.94. The molecule has 0 radical (unpaired) electrons. The number of rotatable bonds is 7. The highest BCUT2D eigenvalue weighted by atomic mass is 35.5. The maximum atomic E-state index is 12.9. The fourth-order valence-electron chi connectivity index (χ4n) is 1.67. The first kappa shape index (κ1) is 14.4. The molecule has 5 heteroatoms. The van der Waals surface area contributed by atoms with Gasteiger partial charge in [-0.25, -0.2) is 4.39 Å². The Bertz CT molecular complexity index is 349. The Morgan fingerprint density at radius 2 is 2.29 bits per heavy atom. The Hall–Kier alpha value is -0.680. The molecule has 1 aromatic rings. The smallest absolute Gasteiger partial charge is 0.124 e. The standard InChI is InChI=1S/C12H18ClFN2O/c1-17-6-2-3-11(16-15)7-9-4-5-10(14)8-12(9)13/h4-5,8,11,16H,2-3,6-7,15H2,1H3. The summed E-state index contributed by atoms with van der Waals surface area (Å²) in [6.07, 6.45) is 2.49. The Morgan fingerprint density at radius 3 is 2.88 bits per heavy atom. The molecule has 0 amide bonds. The van der Waals surface area contributed by atoms with Crippen molar-refractivity contribution in [2.45, 2.75) is 25.3 Å². The quantitative estimate of drug-likeness (QED) is 0.449. The molecule has 0 heterocycles. The molecule has 1 atom stereocenters. The molecule has 3 nitrogen and oxygen atoms in total. The lowest BCUT2D eigenvalue weighted by Gasteiger charge is -2.16. The van der Waals surface area contributed by atoms with Crippen molar-refractivity contribution in [2.24, 2.45) is 5.84 Å². The Morgan fingerprint density at radius 1 is 1.53 bits per heavy atom. The molecule has 1 unspecified atom stereocenters. The first-order valence-corrected chi connectivity index (χ1v) is 5.94. The number of nitrogens with one attached hydrogen (secondary N) is 1. The molecule has 0 aliphatic heterocycles. The highest BCUT2D eigenvalue weighted by molar-refractivity contribution is 6.31. The average molecular weight is 261 g/mol. The van der Waals surface area contributed by atoms with Gasteiger partial charge in [-0.2, -0.15) is 0 Å². The number of nitrogens with two attached hydrogens (primary N) is 1. The van der Waals surface area contributed by atoms with Crippen LogP contribution in [0, 0.1) is 5.82 Å². The van der Waals surface area contributed by atoms with Gasteiger partial charge < -0.3 is 4.74 Å². The van der Waals surface area contributed by atoms with E-state index in [4.69, 9.17) is 22.2 Å². The minimum atomic E-state index is -0.324. The lowest BCUT2D eigenvalue weighted by molar-refractivity contribution is 0.188. The van der Waals surface area contributed by atoms with Crippen molar-refractivity contribution >= 4 is 11.6 Å². The molecule has 96 valence electrons. The lowest BCUT2D eigenvalue weighted by atomic mass is 10.0. The molecule has 0 spiro atoms. The van der Waals surface area contributed by atoms with Crippen LogP contribution in [-0.2, 0) is 11.2 Å². The molecule has 0 fully saturated rings. The number of methoxy groups -OCH3 is 1. The normalized spacial score (nSPS) is 12.7. The summed E-state index contributed by atoms with van der Waals surface area (Å²) < 4.78 is 17.9. The van der Waals surface area contributed by atoms with Gasteiger partial charge in [0.15, 0.2) is 0 Å². The van der Waals surface area contributed by atoms with Crippen LogP contribution in [0.1, 0.15) is 18.4 Å². The van der Waals surface area contributed by atoms with Crippen molar-refractivity contribution in [3.8, 4) is 0 Å². The van der Waals surface area contributed by atoms with E-state index in [1.165, 1.54) is 12.1 Å². The lowest BCUT2D eigenvalue weighted by Crippen LogP contribution is -2.37. The number of benzene rings is 1. The zero-order valence-electron chi connectivity index (χ0n) is 9.88. The summed E-state index contributed by atoms with van der Waals surface area (Å²) in [6.45, 7) is 0.704. The number of hydrogen-bond donors (Lipinski definition) is 2. The number of hydrogen-bond acceptors (Lipinski definition) is 3. The van der Waals surface area contributed by atoms with Gasteiger partial charge >= 0.3 is 0 Å². The predicted molar refractivity (Wildman–Crippen MR) is 67.3 cm³/mol. The van der Waals surface area contributed by atoms with Gasteiger partial charge in [0.25, 0.3) is 0 Å². The maximum Gasteiger partial charge on any atom is 0.124 e. The van der Waals surface area contributed by atoms with Crippen LogP contribution in [0.4, 0.5) is 4.39 Å². The monoisotopic (exact) mass is 260 g/mol. The van der Waals surface area contributed by atoms with E-state index in [1.54, 1.807) is 13.2 Å².